The molecule has 0 saturated carbocycles. The molecular weight excluding hydrogens is 246 g/mol. The van der Waals surface area contributed by atoms with E-state index in [4.69, 9.17) is 4.74 Å². The first-order valence-electron chi connectivity index (χ1n) is 8.23. The number of ether oxygens (including phenoxy) is 1. The third-order valence-corrected chi connectivity index (χ3v) is 4.36. The van der Waals surface area contributed by atoms with Gasteiger partial charge in [-0.1, -0.05) is 51.5 Å². The second kappa shape index (κ2) is 7.80. The van der Waals surface area contributed by atoms with Gasteiger partial charge in [0.05, 0.1) is 6.10 Å². The molecule has 0 bridgehead atoms. The number of aryl methyl sites for hydroxylation is 1. The van der Waals surface area contributed by atoms with Crippen LogP contribution in [-0.2, 0) is 11.2 Å². The van der Waals surface area contributed by atoms with Crippen LogP contribution >= 0.6 is 0 Å². The molecule has 2 nitrogen and oxygen atoms in total. The molecule has 1 fully saturated rings. The fourth-order valence-corrected chi connectivity index (χ4v) is 3.43. The van der Waals surface area contributed by atoms with Crippen LogP contribution in [0.2, 0.25) is 0 Å². The molecule has 2 heteroatoms. The van der Waals surface area contributed by atoms with Crippen LogP contribution in [-0.4, -0.2) is 19.3 Å². The average Bonchev–Trinajstić information content (AvgIpc) is 2.93. The lowest BCUT2D eigenvalue weighted by atomic mass is 9.86. The third kappa shape index (κ3) is 3.62. The van der Waals surface area contributed by atoms with Crippen molar-refractivity contribution in [3.63, 3.8) is 0 Å². The van der Waals surface area contributed by atoms with Crippen LogP contribution in [0.1, 0.15) is 57.2 Å². The molecule has 20 heavy (non-hydrogen) atoms. The monoisotopic (exact) mass is 275 g/mol. The zero-order valence-electron chi connectivity index (χ0n) is 13.2. The van der Waals surface area contributed by atoms with Crippen molar-refractivity contribution in [1.29, 1.82) is 0 Å². The van der Waals surface area contributed by atoms with E-state index in [1.54, 1.807) is 0 Å². The molecule has 1 aliphatic rings. The standard InChI is InChI=1S/C18H29NO/c1-4-8-14-9-7-10-15(13-14)18(19-6-3)16-11-12-20-17(16)5-2/h7,9-10,13,16-19H,4-6,8,11-12H2,1-3H3. The lowest BCUT2D eigenvalue weighted by Gasteiger charge is -2.28. The summed E-state index contributed by atoms with van der Waals surface area (Å²) in [6.45, 7) is 8.60. The minimum absolute atomic E-state index is 0.411. The lowest BCUT2D eigenvalue weighted by molar-refractivity contribution is 0.0776. The van der Waals surface area contributed by atoms with Crippen LogP contribution in [0.25, 0.3) is 0 Å². The maximum Gasteiger partial charge on any atom is 0.0619 e. The van der Waals surface area contributed by atoms with Crippen LogP contribution in [0.5, 0.6) is 0 Å². The van der Waals surface area contributed by atoms with Crippen LogP contribution in [0.15, 0.2) is 24.3 Å². The van der Waals surface area contributed by atoms with E-state index in [0.29, 0.717) is 18.1 Å². The zero-order valence-corrected chi connectivity index (χ0v) is 13.2. The Labute approximate surface area is 123 Å². The number of rotatable bonds is 7. The van der Waals surface area contributed by atoms with Gasteiger partial charge in [-0.2, -0.15) is 0 Å². The highest BCUT2D eigenvalue weighted by Gasteiger charge is 2.34. The fraction of sp³-hybridized carbons (Fsp3) is 0.667. The predicted molar refractivity (Wildman–Crippen MR) is 85.0 cm³/mol. The largest absolute Gasteiger partial charge is 0.378 e. The van der Waals surface area contributed by atoms with Gasteiger partial charge in [0.25, 0.3) is 0 Å². The van der Waals surface area contributed by atoms with Crippen molar-refractivity contribution in [1.82, 2.24) is 5.32 Å². The normalized spacial score (nSPS) is 23.9. The third-order valence-electron chi connectivity index (χ3n) is 4.36. The Kier molecular flexibility index (Phi) is 6.06. The Morgan fingerprint density at radius 2 is 2.15 bits per heavy atom. The van der Waals surface area contributed by atoms with E-state index >= 15 is 0 Å². The summed E-state index contributed by atoms with van der Waals surface area (Å²) in [5.74, 6) is 0.608. The topological polar surface area (TPSA) is 21.3 Å². The maximum atomic E-state index is 5.90. The molecule has 1 aromatic carbocycles. The van der Waals surface area contributed by atoms with Gasteiger partial charge in [0.2, 0.25) is 0 Å². The molecule has 0 radical (unpaired) electrons. The first-order chi connectivity index (χ1) is 9.80. The minimum atomic E-state index is 0.411. The van der Waals surface area contributed by atoms with Gasteiger partial charge in [-0.05, 0) is 36.9 Å². The van der Waals surface area contributed by atoms with E-state index in [1.165, 1.54) is 30.4 Å². The van der Waals surface area contributed by atoms with Crippen LogP contribution in [0.4, 0.5) is 0 Å². The van der Waals surface area contributed by atoms with Gasteiger partial charge >= 0.3 is 0 Å². The van der Waals surface area contributed by atoms with Crippen molar-refractivity contribution in [3.8, 4) is 0 Å². The van der Waals surface area contributed by atoms with E-state index in [1.807, 2.05) is 0 Å². The van der Waals surface area contributed by atoms with E-state index in [2.05, 4.69) is 50.4 Å². The van der Waals surface area contributed by atoms with Crippen molar-refractivity contribution in [3.05, 3.63) is 35.4 Å². The second-order valence-corrected chi connectivity index (χ2v) is 5.80. The second-order valence-electron chi connectivity index (χ2n) is 5.80. The summed E-state index contributed by atoms with van der Waals surface area (Å²) in [6, 6.07) is 9.56. The quantitative estimate of drug-likeness (QED) is 0.808. The molecule has 1 aromatic rings. The Morgan fingerprint density at radius 3 is 2.85 bits per heavy atom. The summed E-state index contributed by atoms with van der Waals surface area (Å²) in [4.78, 5) is 0. The van der Waals surface area contributed by atoms with Gasteiger partial charge < -0.3 is 10.1 Å². The molecule has 0 spiro atoms. The summed E-state index contributed by atoms with van der Waals surface area (Å²) in [6.07, 6.45) is 5.08. The highest BCUT2D eigenvalue weighted by atomic mass is 16.5. The molecule has 112 valence electrons. The summed E-state index contributed by atoms with van der Waals surface area (Å²) in [7, 11) is 0. The van der Waals surface area contributed by atoms with Crippen molar-refractivity contribution in [2.24, 2.45) is 5.92 Å². The summed E-state index contributed by atoms with van der Waals surface area (Å²) >= 11 is 0. The fourth-order valence-electron chi connectivity index (χ4n) is 3.43. The zero-order chi connectivity index (χ0) is 14.4. The van der Waals surface area contributed by atoms with Crippen molar-refractivity contribution in [2.45, 2.75) is 58.6 Å². The maximum absolute atomic E-state index is 5.90. The van der Waals surface area contributed by atoms with Gasteiger partial charge in [0.1, 0.15) is 0 Å². The van der Waals surface area contributed by atoms with Crippen molar-refractivity contribution in [2.75, 3.05) is 13.2 Å². The molecule has 0 aromatic heterocycles. The molecule has 1 aliphatic heterocycles. The Bertz CT molecular complexity index is 404. The molecule has 0 amide bonds. The molecule has 1 heterocycles. The number of hydrogen-bond acceptors (Lipinski definition) is 2. The Morgan fingerprint density at radius 1 is 1.30 bits per heavy atom. The molecule has 2 rings (SSSR count). The van der Waals surface area contributed by atoms with Crippen LogP contribution < -0.4 is 5.32 Å². The first-order valence-corrected chi connectivity index (χ1v) is 8.23. The summed E-state index contributed by atoms with van der Waals surface area (Å²) in [5.41, 5.74) is 2.90. The van der Waals surface area contributed by atoms with Crippen molar-refractivity contribution >= 4 is 0 Å². The van der Waals surface area contributed by atoms with E-state index in [-0.39, 0.29) is 0 Å². The molecule has 1 saturated heterocycles. The Hall–Kier alpha value is -0.860. The van der Waals surface area contributed by atoms with Gasteiger partial charge in [-0.15, -0.1) is 0 Å². The molecule has 3 atom stereocenters. The van der Waals surface area contributed by atoms with E-state index < -0.39 is 0 Å². The number of hydrogen-bond donors (Lipinski definition) is 1. The molecule has 1 N–H and O–H groups in total. The SMILES string of the molecule is CCCc1cccc(C(NCC)C2CCOC2CC)c1. The Balaban J connectivity index is 2.21. The van der Waals surface area contributed by atoms with Gasteiger partial charge in [0.15, 0.2) is 0 Å². The minimum Gasteiger partial charge on any atom is -0.378 e. The summed E-state index contributed by atoms with van der Waals surface area (Å²) < 4.78 is 5.90. The lowest BCUT2D eigenvalue weighted by Crippen LogP contribution is -2.32. The molecule has 3 unspecified atom stereocenters. The number of benzene rings is 1. The molecular formula is C18H29NO. The molecule has 0 aliphatic carbocycles. The van der Waals surface area contributed by atoms with Crippen LogP contribution in [0, 0.1) is 5.92 Å². The number of nitrogens with one attached hydrogen (secondary N) is 1. The van der Waals surface area contributed by atoms with Gasteiger partial charge in [-0.3, -0.25) is 0 Å². The van der Waals surface area contributed by atoms with Gasteiger partial charge in [0, 0.05) is 18.6 Å². The highest BCUT2D eigenvalue weighted by molar-refractivity contribution is 5.27. The van der Waals surface area contributed by atoms with E-state index in [0.717, 1.165) is 19.6 Å². The van der Waals surface area contributed by atoms with E-state index in [9.17, 15) is 0 Å². The smallest absolute Gasteiger partial charge is 0.0619 e. The van der Waals surface area contributed by atoms with Crippen LogP contribution in [0.3, 0.4) is 0 Å². The van der Waals surface area contributed by atoms with Crippen molar-refractivity contribution < 1.29 is 4.74 Å². The predicted octanol–water partition coefficient (Wildman–Crippen LogP) is 4.10. The van der Waals surface area contributed by atoms with Gasteiger partial charge in [-0.25, -0.2) is 0 Å². The summed E-state index contributed by atoms with van der Waals surface area (Å²) in [5, 5.41) is 3.69. The first kappa shape index (κ1) is 15.5. The highest BCUT2D eigenvalue weighted by Crippen LogP contribution is 2.35. The average molecular weight is 275 g/mol.